The van der Waals surface area contributed by atoms with E-state index in [1.165, 1.54) is 24.3 Å². The first-order valence-corrected chi connectivity index (χ1v) is 4.81. The highest BCUT2D eigenvalue weighted by Gasteiger charge is 2.05. The standard InChI is InChI=1S/C11H10ClFO2/c1-2-8(11(14)15)5-7-3-4-10(13)9(12)6-7/h3-6H,2H2,1H3,(H,14,15). The summed E-state index contributed by atoms with van der Waals surface area (Å²) in [6.07, 6.45) is 1.89. The third-order valence-corrected chi connectivity index (χ3v) is 2.23. The van der Waals surface area contributed by atoms with Gasteiger partial charge in [-0.2, -0.15) is 0 Å². The fourth-order valence-corrected chi connectivity index (χ4v) is 1.31. The molecule has 0 heterocycles. The molecule has 0 spiro atoms. The van der Waals surface area contributed by atoms with Crippen LogP contribution in [0.25, 0.3) is 6.08 Å². The number of hydrogen-bond donors (Lipinski definition) is 1. The Morgan fingerprint density at radius 3 is 2.73 bits per heavy atom. The zero-order chi connectivity index (χ0) is 11.4. The van der Waals surface area contributed by atoms with E-state index in [1.54, 1.807) is 6.92 Å². The van der Waals surface area contributed by atoms with Crippen molar-refractivity contribution in [2.45, 2.75) is 13.3 Å². The van der Waals surface area contributed by atoms with E-state index in [4.69, 9.17) is 16.7 Å². The van der Waals surface area contributed by atoms with Crippen molar-refractivity contribution in [3.8, 4) is 0 Å². The van der Waals surface area contributed by atoms with E-state index in [2.05, 4.69) is 0 Å². The van der Waals surface area contributed by atoms with E-state index in [-0.39, 0.29) is 10.6 Å². The van der Waals surface area contributed by atoms with Crippen LogP contribution in [0, 0.1) is 5.82 Å². The van der Waals surface area contributed by atoms with Crippen LogP contribution in [0.1, 0.15) is 18.9 Å². The molecule has 0 amide bonds. The first-order valence-electron chi connectivity index (χ1n) is 4.43. The van der Waals surface area contributed by atoms with Crippen LogP contribution in [0.3, 0.4) is 0 Å². The number of carboxylic acid groups (broad SMARTS) is 1. The van der Waals surface area contributed by atoms with Crippen LogP contribution >= 0.6 is 11.6 Å². The molecule has 0 fully saturated rings. The summed E-state index contributed by atoms with van der Waals surface area (Å²) >= 11 is 5.57. The maximum Gasteiger partial charge on any atom is 0.331 e. The maximum absolute atomic E-state index is 12.8. The minimum absolute atomic E-state index is 0.00964. The maximum atomic E-state index is 12.8. The van der Waals surface area contributed by atoms with E-state index < -0.39 is 11.8 Å². The van der Waals surface area contributed by atoms with Crippen molar-refractivity contribution in [2.24, 2.45) is 0 Å². The summed E-state index contributed by atoms with van der Waals surface area (Å²) in [4.78, 5) is 10.7. The van der Waals surface area contributed by atoms with Crippen molar-refractivity contribution >= 4 is 23.6 Å². The van der Waals surface area contributed by atoms with Gasteiger partial charge in [-0.25, -0.2) is 9.18 Å². The van der Waals surface area contributed by atoms with Gasteiger partial charge >= 0.3 is 5.97 Å². The molecule has 1 aromatic carbocycles. The second-order valence-electron chi connectivity index (χ2n) is 3.00. The predicted octanol–water partition coefficient (Wildman–Crippen LogP) is 3.36. The third-order valence-electron chi connectivity index (χ3n) is 1.94. The van der Waals surface area contributed by atoms with E-state index in [0.29, 0.717) is 12.0 Å². The van der Waals surface area contributed by atoms with Crippen LogP contribution in [-0.2, 0) is 4.79 Å². The lowest BCUT2D eigenvalue weighted by Crippen LogP contribution is -1.98. The number of hydrogen-bond acceptors (Lipinski definition) is 1. The molecule has 0 saturated carbocycles. The summed E-state index contributed by atoms with van der Waals surface area (Å²) < 4.78 is 12.8. The summed E-state index contributed by atoms with van der Waals surface area (Å²) in [5, 5.41) is 8.77. The molecule has 0 atom stereocenters. The van der Waals surface area contributed by atoms with Gasteiger partial charge in [0.25, 0.3) is 0 Å². The average Bonchev–Trinajstić information content (AvgIpc) is 2.19. The minimum atomic E-state index is -0.974. The van der Waals surface area contributed by atoms with Crippen LogP contribution in [-0.4, -0.2) is 11.1 Å². The van der Waals surface area contributed by atoms with Gasteiger partial charge in [0.15, 0.2) is 0 Å². The quantitative estimate of drug-likeness (QED) is 0.806. The van der Waals surface area contributed by atoms with Crippen molar-refractivity contribution in [1.82, 2.24) is 0 Å². The molecule has 0 saturated heterocycles. The monoisotopic (exact) mass is 228 g/mol. The van der Waals surface area contributed by atoms with Gasteiger partial charge in [0, 0.05) is 5.57 Å². The Morgan fingerprint density at radius 1 is 1.60 bits per heavy atom. The van der Waals surface area contributed by atoms with Crippen LogP contribution in [0.5, 0.6) is 0 Å². The zero-order valence-electron chi connectivity index (χ0n) is 8.13. The van der Waals surface area contributed by atoms with Gasteiger partial charge in [0.05, 0.1) is 5.02 Å². The molecule has 2 nitrogen and oxygen atoms in total. The molecule has 0 unspecified atom stereocenters. The smallest absolute Gasteiger partial charge is 0.331 e. The second kappa shape index (κ2) is 4.94. The molecule has 1 N–H and O–H groups in total. The highest BCUT2D eigenvalue weighted by Crippen LogP contribution is 2.18. The Morgan fingerprint density at radius 2 is 2.27 bits per heavy atom. The summed E-state index contributed by atoms with van der Waals surface area (Å²) in [5.41, 5.74) is 0.846. The number of carboxylic acids is 1. The first-order chi connectivity index (χ1) is 7.04. The van der Waals surface area contributed by atoms with E-state index in [0.717, 1.165) is 0 Å². The molecule has 0 radical (unpaired) electrons. The molecule has 0 aromatic heterocycles. The Kier molecular flexibility index (Phi) is 3.86. The lowest BCUT2D eigenvalue weighted by Gasteiger charge is -2.00. The van der Waals surface area contributed by atoms with Crippen molar-refractivity contribution in [2.75, 3.05) is 0 Å². The number of aliphatic carboxylic acids is 1. The molecule has 0 aliphatic carbocycles. The van der Waals surface area contributed by atoms with Gasteiger partial charge in [-0.3, -0.25) is 0 Å². The van der Waals surface area contributed by atoms with Crippen LogP contribution in [0.2, 0.25) is 5.02 Å². The van der Waals surface area contributed by atoms with E-state index in [9.17, 15) is 9.18 Å². The first kappa shape index (κ1) is 11.7. The molecule has 1 rings (SSSR count). The summed E-state index contributed by atoms with van der Waals surface area (Å²) in [6.45, 7) is 1.74. The molecule has 0 aliphatic heterocycles. The second-order valence-corrected chi connectivity index (χ2v) is 3.41. The van der Waals surface area contributed by atoms with Gasteiger partial charge in [-0.05, 0) is 30.2 Å². The largest absolute Gasteiger partial charge is 0.478 e. The van der Waals surface area contributed by atoms with Crippen LogP contribution < -0.4 is 0 Å². The molecular formula is C11H10ClFO2. The van der Waals surface area contributed by atoms with Crippen molar-refractivity contribution < 1.29 is 14.3 Å². The zero-order valence-corrected chi connectivity index (χ0v) is 8.88. The topological polar surface area (TPSA) is 37.3 Å². The molecule has 0 bridgehead atoms. The predicted molar refractivity (Wildman–Crippen MR) is 57.3 cm³/mol. The Bertz CT molecular complexity index is 413. The van der Waals surface area contributed by atoms with Crippen molar-refractivity contribution in [3.63, 3.8) is 0 Å². The summed E-state index contributed by atoms with van der Waals surface area (Å²) in [6, 6.07) is 4.10. The Balaban J connectivity index is 3.07. The molecule has 80 valence electrons. The van der Waals surface area contributed by atoms with Crippen LogP contribution in [0.15, 0.2) is 23.8 Å². The minimum Gasteiger partial charge on any atom is -0.478 e. The number of rotatable bonds is 3. The molecular weight excluding hydrogens is 219 g/mol. The fraction of sp³-hybridized carbons (Fsp3) is 0.182. The SMILES string of the molecule is CCC(=Cc1ccc(F)c(Cl)c1)C(=O)O. The Labute approximate surface area is 92.0 Å². The fourth-order valence-electron chi connectivity index (χ4n) is 1.12. The normalized spacial score (nSPS) is 11.5. The highest BCUT2D eigenvalue weighted by molar-refractivity contribution is 6.30. The van der Waals surface area contributed by atoms with Gasteiger partial charge in [-0.15, -0.1) is 0 Å². The molecule has 0 aliphatic rings. The number of benzene rings is 1. The van der Waals surface area contributed by atoms with Gasteiger partial charge in [0.2, 0.25) is 0 Å². The van der Waals surface area contributed by atoms with Gasteiger partial charge in [0.1, 0.15) is 5.82 Å². The van der Waals surface area contributed by atoms with Crippen molar-refractivity contribution in [3.05, 3.63) is 40.2 Å². The lowest BCUT2D eigenvalue weighted by molar-refractivity contribution is -0.132. The van der Waals surface area contributed by atoms with Crippen molar-refractivity contribution in [1.29, 1.82) is 0 Å². The van der Waals surface area contributed by atoms with Crippen LogP contribution in [0.4, 0.5) is 4.39 Å². The average molecular weight is 229 g/mol. The summed E-state index contributed by atoms with van der Waals surface area (Å²) in [7, 11) is 0. The number of halogens is 2. The Hall–Kier alpha value is -1.35. The highest BCUT2D eigenvalue weighted by atomic mass is 35.5. The molecule has 4 heteroatoms. The van der Waals surface area contributed by atoms with E-state index >= 15 is 0 Å². The van der Waals surface area contributed by atoms with E-state index in [1.807, 2.05) is 0 Å². The molecule has 15 heavy (non-hydrogen) atoms. The molecule has 1 aromatic rings. The van der Waals surface area contributed by atoms with Gasteiger partial charge < -0.3 is 5.11 Å². The lowest BCUT2D eigenvalue weighted by atomic mass is 10.1. The number of carbonyl (C=O) groups is 1. The van der Waals surface area contributed by atoms with Gasteiger partial charge in [-0.1, -0.05) is 24.6 Å². The third kappa shape index (κ3) is 3.06. The summed E-state index contributed by atoms with van der Waals surface area (Å²) in [5.74, 6) is -1.49.